The number of likely N-dealkylation sites (N-methyl/N-ethyl adjacent to an activating group) is 1. The number of carbonyl (C=O) groups excluding carboxylic acids is 1. The van der Waals surface area contributed by atoms with Gasteiger partial charge in [0.05, 0.1) is 5.69 Å². The Bertz CT molecular complexity index is 435. The number of amides is 1. The van der Waals surface area contributed by atoms with E-state index >= 15 is 0 Å². The van der Waals surface area contributed by atoms with Gasteiger partial charge in [-0.15, -0.1) is 0 Å². The highest BCUT2D eigenvalue weighted by Gasteiger charge is 2.30. The van der Waals surface area contributed by atoms with Gasteiger partial charge in [-0.3, -0.25) is 9.79 Å². The largest absolute Gasteiger partial charge is 0.309 e. The maximum Gasteiger partial charge on any atom is 0.276 e. The van der Waals surface area contributed by atoms with Crippen molar-refractivity contribution in [1.29, 1.82) is 0 Å². The Labute approximate surface area is 89.4 Å². The molecule has 1 aliphatic heterocycles. The van der Waals surface area contributed by atoms with Gasteiger partial charge in [0.15, 0.2) is 0 Å². The van der Waals surface area contributed by atoms with Gasteiger partial charge in [0, 0.05) is 18.7 Å². The molecule has 0 radical (unpaired) electrons. The third kappa shape index (κ3) is 1.54. The molecular formula is C12H14N2O. The highest BCUT2D eigenvalue weighted by atomic mass is 16.2. The van der Waals surface area contributed by atoms with Crippen LogP contribution >= 0.6 is 0 Å². The topological polar surface area (TPSA) is 32.7 Å². The minimum absolute atomic E-state index is 0.00935. The second kappa shape index (κ2) is 3.50. The molecule has 0 saturated carbocycles. The summed E-state index contributed by atoms with van der Waals surface area (Å²) in [6.07, 6.45) is 0. The molecule has 15 heavy (non-hydrogen) atoms. The fourth-order valence-corrected chi connectivity index (χ4v) is 1.73. The maximum atomic E-state index is 11.9. The molecule has 0 saturated heterocycles. The minimum Gasteiger partial charge on any atom is -0.309 e. The van der Waals surface area contributed by atoms with E-state index in [0.29, 0.717) is 5.71 Å². The first-order chi connectivity index (χ1) is 7.11. The molecule has 3 heteroatoms. The molecule has 1 amide bonds. The van der Waals surface area contributed by atoms with E-state index in [1.165, 1.54) is 0 Å². The lowest BCUT2D eigenvalue weighted by Crippen LogP contribution is -2.26. The van der Waals surface area contributed by atoms with Crippen LogP contribution < -0.4 is 4.90 Å². The van der Waals surface area contributed by atoms with Crippen molar-refractivity contribution in [3.05, 3.63) is 29.8 Å². The highest BCUT2D eigenvalue weighted by Crippen LogP contribution is 2.27. The van der Waals surface area contributed by atoms with Crippen molar-refractivity contribution in [2.45, 2.75) is 19.9 Å². The molecule has 0 fully saturated rings. The van der Waals surface area contributed by atoms with Crippen LogP contribution in [0.5, 0.6) is 0 Å². The van der Waals surface area contributed by atoms with Gasteiger partial charge < -0.3 is 4.90 Å². The van der Waals surface area contributed by atoms with Crippen LogP contribution in [0.2, 0.25) is 0 Å². The van der Waals surface area contributed by atoms with Crippen molar-refractivity contribution < 1.29 is 4.79 Å². The van der Waals surface area contributed by atoms with Crippen molar-refractivity contribution in [3.63, 3.8) is 0 Å². The molecule has 0 aliphatic carbocycles. The molecule has 78 valence electrons. The number of hydrogen-bond donors (Lipinski definition) is 0. The number of para-hydroxylation sites is 1. The number of aliphatic imine (C=N–C) groups is 1. The maximum absolute atomic E-state index is 11.9. The SMILES string of the molecule is CC(C)N=C1C(=O)N(C)c2ccccc21. The van der Waals surface area contributed by atoms with Gasteiger partial charge in [-0.25, -0.2) is 0 Å². The lowest BCUT2D eigenvalue weighted by molar-refractivity contribution is -0.111. The third-order valence-electron chi connectivity index (χ3n) is 2.42. The molecule has 1 heterocycles. The summed E-state index contributed by atoms with van der Waals surface area (Å²) in [6, 6.07) is 7.89. The predicted octanol–water partition coefficient (Wildman–Crippen LogP) is 1.86. The van der Waals surface area contributed by atoms with Gasteiger partial charge in [-0.2, -0.15) is 0 Å². The zero-order chi connectivity index (χ0) is 11.0. The quantitative estimate of drug-likeness (QED) is 0.684. The Morgan fingerprint density at radius 2 is 1.93 bits per heavy atom. The summed E-state index contributed by atoms with van der Waals surface area (Å²) in [7, 11) is 1.78. The van der Waals surface area contributed by atoms with Crippen LogP contribution in [0, 0.1) is 0 Å². The zero-order valence-corrected chi connectivity index (χ0v) is 9.19. The molecule has 0 N–H and O–H groups in total. The second-order valence-electron chi connectivity index (χ2n) is 3.95. The van der Waals surface area contributed by atoms with Gasteiger partial charge in [-0.1, -0.05) is 18.2 Å². The van der Waals surface area contributed by atoms with Gasteiger partial charge in [-0.05, 0) is 19.9 Å². The number of nitrogens with zero attached hydrogens (tertiary/aromatic N) is 2. The van der Waals surface area contributed by atoms with E-state index in [-0.39, 0.29) is 11.9 Å². The second-order valence-corrected chi connectivity index (χ2v) is 3.95. The average Bonchev–Trinajstić information content (AvgIpc) is 2.44. The summed E-state index contributed by atoms with van der Waals surface area (Å²) in [4.78, 5) is 17.9. The monoisotopic (exact) mass is 202 g/mol. The van der Waals surface area contributed by atoms with Crippen molar-refractivity contribution in [3.8, 4) is 0 Å². The fourth-order valence-electron chi connectivity index (χ4n) is 1.73. The predicted molar refractivity (Wildman–Crippen MR) is 61.5 cm³/mol. The molecule has 1 aromatic carbocycles. The Kier molecular flexibility index (Phi) is 2.31. The van der Waals surface area contributed by atoms with E-state index in [0.717, 1.165) is 11.3 Å². The first-order valence-electron chi connectivity index (χ1n) is 5.06. The number of carbonyl (C=O) groups is 1. The van der Waals surface area contributed by atoms with Gasteiger partial charge in [0.2, 0.25) is 0 Å². The molecule has 0 unspecified atom stereocenters. The van der Waals surface area contributed by atoms with E-state index in [1.54, 1.807) is 11.9 Å². The van der Waals surface area contributed by atoms with Crippen molar-refractivity contribution >= 4 is 17.3 Å². The van der Waals surface area contributed by atoms with Crippen LogP contribution in [0.4, 0.5) is 5.69 Å². The Morgan fingerprint density at radius 3 is 2.60 bits per heavy atom. The van der Waals surface area contributed by atoms with Crippen molar-refractivity contribution in [1.82, 2.24) is 0 Å². The first kappa shape index (κ1) is 9.90. The number of rotatable bonds is 1. The van der Waals surface area contributed by atoms with Crippen LogP contribution in [-0.2, 0) is 4.79 Å². The summed E-state index contributed by atoms with van der Waals surface area (Å²) in [5.74, 6) is -0.00935. The van der Waals surface area contributed by atoms with Crippen molar-refractivity contribution in [2.75, 3.05) is 11.9 Å². The number of hydrogen-bond acceptors (Lipinski definition) is 2. The van der Waals surface area contributed by atoms with Crippen LogP contribution in [0.1, 0.15) is 19.4 Å². The minimum atomic E-state index is -0.00935. The summed E-state index contributed by atoms with van der Waals surface area (Å²) < 4.78 is 0. The number of anilines is 1. The summed E-state index contributed by atoms with van der Waals surface area (Å²) >= 11 is 0. The lowest BCUT2D eigenvalue weighted by Gasteiger charge is -2.07. The van der Waals surface area contributed by atoms with Gasteiger partial charge in [0.1, 0.15) is 5.71 Å². The van der Waals surface area contributed by atoms with E-state index in [2.05, 4.69) is 4.99 Å². The standard InChI is InChI=1S/C12H14N2O/c1-8(2)13-11-9-6-4-5-7-10(9)14(3)12(11)15/h4-8H,1-3H3. The average molecular weight is 202 g/mol. The summed E-state index contributed by atoms with van der Waals surface area (Å²) in [5, 5.41) is 0. The Morgan fingerprint density at radius 1 is 1.27 bits per heavy atom. The van der Waals surface area contributed by atoms with E-state index in [1.807, 2.05) is 38.1 Å². The van der Waals surface area contributed by atoms with E-state index < -0.39 is 0 Å². The van der Waals surface area contributed by atoms with E-state index in [9.17, 15) is 4.79 Å². The number of benzene rings is 1. The molecule has 2 rings (SSSR count). The summed E-state index contributed by atoms with van der Waals surface area (Å²) in [6.45, 7) is 3.95. The third-order valence-corrected chi connectivity index (χ3v) is 2.42. The molecule has 3 nitrogen and oxygen atoms in total. The van der Waals surface area contributed by atoms with E-state index in [4.69, 9.17) is 0 Å². The number of fused-ring (bicyclic) bond motifs is 1. The highest BCUT2D eigenvalue weighted by molar-refractivity contribution is 6.54. The Hall–Kier alpha value is -1.64. The van der Waals surface area contributed by atoms with Crippen LogP contribution in [-0.4, -0.2) is 24.7 Å². The Balaban J connectivity index is 2.56. The van der Waals surface area contributed by atoms with Gasteiger partial charge in [0.25, 0.3) is 5.91 Å². The molecule has 1 aliphatic rings. The molecule has 0 bridgehead atoms. The first-order valence-corrected chi connectivity index (χ1v) is 5.06. The normalized spacial score (nSPS) is 17.7. The van der Waals surface area contributed by atoms with Crippen LogP contribution in [0.15, 0.2) is 29.3 Å². The fraction of sp³-hybridized carbons (Fsp3) is 0.333. The molecule has 1 aromatic rings. The molecule has 0 spiro atoms. The van der Waals surface area contributed by atoms with Crippen LogP contribution in [0.25, 0.3) is 0 Å². The zero-order valence-electron chi connectivity index (χ0n) is 9.19. The van der Waals surface area contributed by atoms with Gasteiger partial charge >= 0.3 is 0 Å². The van der Waals surface area contributed by atoms with Crippen LogP contribution in [0.3, 0.4) is 0 Å². The lowest BCUT2D eigenvalue weighted by atomic mass is 10.1. The van der Waals surface area contributed by atoms with Crippen molar-refractivity contribution in [2.24, 2.45) is 4.99 Å². The summed E-state index contributed by atoms with van der Waals surface area (Å²) in [5.41, 5.74) is 2.48. The molecule has 0 aromatic heterocycles. The smallest absolute Gasteiger partial charge is 0.276 e. The molecule has 0 atom stereocenters. The molecular weight excluding hydrogens is 188 g/mol.